The Morgan fingerprint density at radius 3 is 2.88 bits per heavy atom. The topological polar surface area (TPSA) is 38.4 Å². The second-order valence-corrected chi connectivity index (χ2v) is 7.45. The molecule has 0 radical (unpaired) electrons. The Morgan fingerprint density at radius 2 is 2.08 bits per heavy atom. The van der Waals surface area contributed by atoms with Crippen LogP contribution in [0.3, 0.4) is 0 Å². The quantitative estimate of drug-likeness (QED) is 0.733. The minimum atomic E-state index is 0.698. The molecule has 0 aliphatic carbocycles. The second-order valence-electron chi connectivity index (χ2n) is 7.45. The fourth-order valence-electron chi connectivity index (χ4n) is 4.04. The lowest BCUT2D eigenvalue weighted by molar-refractivity contribution is 0.153. The molecule has 1 aliphatic heterocycles. The van der Waals surface area contributed by atoms with Gasteiger partial charge in [-0.05, 0) is 63.8 Å². The summed E-state index contributed by atoms with van der Waals surface area (Å²) in [6.45, 7) is 10.7. The summed E-state index contributed by atoms with van der Waals surface area (Å²) in [6.07, 6.45) is 8.74. The predicted octanol–water partition coefficient (Wildman–Crippen LogP) is 3.37. The zero-order valence-electron chi connectivity index (χ0n) is 15.4. The normalized spacial score (nSPS) is 18.9. The first kappa shape index (κ1) is 16.3. The molecule has 1 saturated heterocycles. The summed E-state index contributed by atoms with van der Waals surface area (Å²) >= 11 is 0. The molecule has 1 aliphatic rings. The maximum absolute atomic E-state index is 4.75. The van der Waals surface area contributed by atoms with E-state index in [4.69, 9.17) is 4.98 Å². The van der Waals surface area contributed by atoms with Crippen LogP contribution in [0.5, 0.6) is 0 Å². The molecule has 0 saturated carbocycles. The third-order valence-electron chi connectivity index (χ3n) is 5.44. The van der Waals surface area contributed by atoms with Gasteiger partial charge in [-0.3, -0.25) is 4.90 Å². The average Bonchev–Trinajstić information content (AvgIpc) is 3.11. The number of nitrogens with zero attached hydrogens (tertiary/aromatic N) is 5. The molecule has 4 heterocycles. The summed E-state index contributed by atoms with van der Waals surface area (Å²) in [6, 6.07) is 4.33. The number of fused-ring (bicyclic) bond motifs is 1. The van der Waals surface area contributed by atoms with E-state index in [-0.39, 0.29) is 0 Å². The van der Waals surface area contributed by atoms with Crippen molar-refractivity contribution in [3.05, 3.63) is 53.5 Å². The van der Waals surface area contributed by atoms with Crippen molar-refractivity contribution < 1.29 is 0 Å². The van der Waals surface area contributed by atoms with E-state index in [2.05, 4.69) is 64.1 Å². The fourth-order valence-corrected chi connectivity index (χ4v) is 4.04. The van der Waals surface area contributed by atoms with Gasteiger partial charge in [-0.25, -0.2) is 9.97 Å². The minimum absolute atomic E-state index is 0.698. The number of pyridine rings is 1. The fraction of sp³-hybridized carbons (Fsp3) is 0.500. The molecule has 132 valence electrons. The Bertz CT molecular complexity index is 875. The number of hydrogen-bond donors (Lipinski definition) is 0. The van der Waals surface area contributed by atoms with E-state index in [1.165, 1.54) is 30.6 Å². The van der Waals surface area contributed by atoms with Gasteiger partial charge in [-0.2, -0.15) is 0 Å². The van der Waals surface area contributed by atoms with Gasteiger partial charge in [0.15, 0.2) is 0 Å². The molecule has 1 fully saturated rings. The Kier molecular flexibility index (Phi) is 4.34. The van der Waals surface area contributed by atoms with E-state index in [1.807, 2.05) is 6.20 Å². The van der Waals surface area contributed by atoms with Crippen LogP contribution in [0.4, 0.5) is 0 Å². The van der Waals surface area contributed by atoms with Crippen LogP contribution >= 0.6 is 0 Å². The van der Waals surface area contributed by atoms with Crippen LogP contribution in [0.1, 0.15) is 35.6 Å². The molecule has 5 nitrogen and oxygen atoms in total. The lowest BCUT2D eigenvalue weighted by Crippen LogP contribution is -2.37. The predicted molar refractivity (Wildman–Crippen MR) is 99.6 cm³/mol. The van der Waals surface area contributed by atoms with Gasteiger partial charge >= 0.3 is 0 Å². The molecule has 3 aromatic rings. The molecule has 0 unspecified atom stereocenters. The van der Waals surface area contributed by atoms with Crippen molar-refractivity contribution in [3.8, 4) is 0 Å². The monoisotopic (exact) mass is 337 g/mol. The van der Waals surface area contributed by atoms with Gasteiger partial charge in [0.05, 0.1) is 11.4 Å². The van der Waals surface area contributed by atoms with Crippen molar-refractivity contribution in [3.63, 3.8) is 0 Å². The lowest BCUT2D eigenvalue weighted by Gasteiger charge is -2.33. The Morgan fingerprint density at radius 1 is 1.20 bits per heavy atom. The first-order valence-electron chi connectivity index (χ1n) is 9.24. The number of piperidine rings is 1. The van der Waals surface area contributed by atoms with Gasteiger partial charge in [0.1, 0.15) is 11.5 Å². The number of imidazole rings is 2. The number of likely N-dealkylation sites (tertiary alicyclic amines) is 1. The van der Waals surface area contributed by atoms with E-state index in [0.717, 1.165) is 36.8 Å². The van der Waals surface area contributed by atoms with Crippen LogP contribution in [-0.4, -0.2) is 36.9 Å². The van der Waals surface area contributed by atoms with Gasteiger partial charge in [0, 0.05) is 38.2 Å². The summed E-state index contributed by atoms with van der Waals surface area (Å²) in [4.78, 5) is 11.7. The average molecular weight is 337 g/mol. The second kappa shape index (κ2) is 6.64. The van der Waals surface area contributed by atoms with Gasteiger partial charge in [0.2, 0.25) is 0 Å². The van der Waals surface area contributed by atoms with Crippen LogP contribution in [-0.2, 0) is 13.1 Å². The standard InChI is InChI=1S/C20H27N5/c1-15-6-9-25-19(16(2)22-20(25)11-15)14-23-8-4-5-18(12-23)13-24-10-7-21-17(24)3/h6-7,9-11,18H,4-5,8,12-14H2,1-3H3/t18-/m1/s1. The number of hydrogen-bond acceptors (Lipinski definition) is 3. The van der Waals surface area contributed by atoms with Crippen LogP contribution in [0.2, 0.25) is 0 Å². The van der Waals surface area contributed by atoms with Crippen molar-refractivity contribution in [1.82, 2.24) is 23.8 Å². The highest BCUT2D eigenvalue weighted by Gasteiger charge is 2.22. The van der Waals surface area contributed by atoms with Gasteiger partial charge < -0.3 is 8.97 Å². The number of aromatic nitrogens is 4. The van der Waals surface area contributed by atoms with Gasteiger partial charge in [-0.15, -0.1) is 0 Å². The van der Waals surface area contributed by atoms with Crippen LogP contribution in [0.15, 0.2) is 30.7 Å². The molecule has 5 heteroatoms. The molecule has 0 bridgehead atoms. The van der Waals surface area contributed by atoms with Crippen LogP contribution in [0.25, 0.3) is 5.65 Å². The molecule has 0 amide bonds. The van der Waals surface area contributed by atoms with Crippen LogP contribution < -0.4 is 0 Å². The van der Waals surface area contributed by atoms with E-state index in [0.29, 0.717) is 5.92 Å². The summed E-state index contributed by atoms with van der Waals surface area (Å²) in [5.41, 5.74) is 4.81. The Hall–Kier alpha value is -2.14. The van der Waals surface area contributed by atoms with E-state index >= 15 is 0 Å². The highest BCUT2D eigenvalue weighted by Crippen LogP contribution is 2.22. The zero-order chi connectivity index (χ0) is 17.4. The van der Waals surface area contributed by atoms with E-state index < -0.39 is 0 Å². The number of aryl methyl sites for hydroxylation is 3. The summed E-state index contributed by atoms with van der Waals surface area (Å²) < 4.78 is 4.54. The molecular formula is C20H27N5. The van der Waals surface area contributed by atoms with Crippen molar-refractivity contribution in [2.45, 2.75) is 46.7 Å². The lowest BCUT2D eigenvalue weighted by atomic mass is 9.97. The van der Waals surface area contributed by atoms with E-state index in [9.17, 15) is 0 Å². The maximum atomic E-state index is 4.75. The highest BCUT2D eigenvalue weighted by atomic mass is 15.2. The maximum Gasteiger partial charge on any atom is 0.137 e. The third kappa shape index (κ3) is 3.33. The van der Waals surface area contributed by atoms with Crippen LogP contribution in [0, 0.1) is 26.7 Å². The number of rotatable bonds is 4. The third-order valence-corrected chi connectivity index (χ3v) is 5.44. The first-order valence-corrected chi connectivity index (χ1v) is 9.24. The summed E-state index contributed by atoms with van der Waals surface area (Å²) in [7, 11) is 0. The minimum Gasteiger partial charge on any atom is -0.335 e. The highest BCUT2D eigenvalue weighted by molar-refractivity contribution is 5.45. The zero-order valence-corrected chi connectivity index (χ0v) is 15.4. The molecule has 25 heavy (non-hydrogen) atoms. The smallest absolute Gasteiger partial charge is 0.137 e. The summed E-state index contributed by atoms with van der Waals surface area (Å²) in [5.74, 6) is 1.81. The SMILES string of the molecule is Cc1ccn2c(CN3CCC[C@@H](Cn4ccnc4C)C3)c(C)nc2c1. The first-order chi connectivity index (χ1) is 12.1. The summed E-state index contributed by atoms with van der Waals surface area (Å²) in [5, 5.41) is 0. The van der Waals surface area contributed by atoms with Crippen molar-refractivity contribution in [1.29, 1.82) is 0 Å². The van der Waals surface area contributed by atoms with Crippen molar-refractivity contribution in [2.75, 3.05) is 13.1 Å². The van der Waals surface area contributed by atoms with Gasteiger partial charge in [0.25, 0.3) is 0 Å². The molecule has 0 aromatic carbocycles. The molecule has 4 rings (SSSR count). The van der Waals surface area contributed by atoms with Gasteiger partial charge in [-0.1, -0.05) is 0 Å². The molecular weight excluding hydrogens is 310 g/mol. The molecule has 1 atom stereocenters. The van der Waals surface area contributed by atoms with Crippen molar-refractivity contribution >= 4 is 5.65 Å². The molecule has 0 N–H and O–H groups in total. The van der Waals surface area contributed by atoms with E-state index in [1.54, 1.807) is 0 Å². The largest absolute Gasteiger partial charge is 0.335 e. The Labute approximate surface area is 149 Å². The van der Waals surface area contributed by atoms with Crippen molar-refractivity contribution in [2.24, 2.45) is 5.92 Å². The molecule has 3 aromatic heterocycles. The molecule has 0 spiro atoms. The Balaban J connectivity index is 1.49.